The van der Waals surface area contributed by atoms with Crippen molar-refractivity contribution in [2.24, 2.45) is 0 Å². The van der Waals surface area contributed by atoms with E-state index >= 15 is 0 Å². The molecule has 0 bridgehead atoms. The minimum Gasteiger partial charge on any atom is -0.478 e. The number of hydrogen-bond acceptors (Lipinski definition) is 2. The highest BCUT2D eigenvalue weighted by atomic mass is 79.9. The zero-order valence-electron chi connectivity index (χ0n) is 9.34. The van der Waals surface area contributed by atoms with E-state index in [0.717, 1.165) is 10.0 Å². The molecule has 0 fully saturated rings. The van der Waals surface area contributed by atoms with Crippen LogP contribution >= 0.6 is 15.9 Å². The van der Waals surface area contributed by atoms with Crippen LogP contribution in [0.5, 0.6) is 0 Å². The number of carboxylic acids is 1. The van der Waals surface area contributed by atoms with Gasteiger partial charge in [-0.1, -0.05) is 22.0 Å². The van der Waals surface area contributed by atoms with Gasteiger partial charge in [-0.05, 0) is 30.7 Å². The molecule has 0 atom stereocenters. The fourth-order valence-electron chi connectivity index (χ4n) is 1.20. The Morgan fingerprint density at radius 2 is 2.29 bits per heavy atom. The number of rotatable bonds is 5. The quantitative estimate of drug-likeness (QED) is 0.649. The van der Waals surface area contributed by atoms with Crippen molar-refractivity contribution in [3.05, 3.63) is 45.7 Å². The predicted molar refractivity (Wildman–Crippen MR) is 67.2 cm³/mol. The minimum absolute atomic E-state index is 0.288. The maximum atomic E-state index is 13.0. The molecule has 3 nitrogen and oxygen atoms in total. The molecule has 1 aromatic carbocycles. The number of carbonyl (C=O) groups is 1. The van der Waals surface area contributed by atoms with Gasteiger partial charge in [0.15, 0.2) is 0 Å². The lowest BCUT2D eigenvalue weighted by atomic mass is 10.2. The van der Waals surface area contributed by atoms with Crippen molar-refractivity contribution in [1.29, 1.82) is 0 Å². The SMILES string of the molecule is C/C(=C/CNCc1cc(F)ccc1Br)C(=O)O. The summed E-state index contributed by atoms with van der Waals surface area (Å²) in [5.74, 6) is -1.22. The number of aliphatic carboxylic acids is 1. The number of halogens is 2. The van der Waals surface area contributed by atoms with Crippen LogP contribution in [0.4, 0.5) is 4.39 Å². The summed E-state index contributed by atoms with van der Waals surface area (Å²) in [6, 6.07) is 4.46. The Morgan fingerprint density at radius 1 is 1.59 bits per heavy atom. The molecule has 0 saturated carbocycles. The zero-order valence-corrected chi connectivity index (χ0v) is 10.9. The lowest BCUT2D eigenvalue weighted by Gasteiger charge is -2.05. The van der Waals surface area contributed by atoms with Gasteiger partial charge in [-0.3, -0.25) is 0 Å². The first-order valence-electron chi connectivity index (χ1n) is 5.05. The lowest BCUT2D eigenvalue weighted by molar-refractivity contribution is -0.132. The van der Waals surface area contributed by atoms with Crippen LogP contribution in [0.1, 0.15) is 12.5 Å². The summed E-state index contributed by atoms with van der Waals surface area (Å²) in [5, 5.41) is 11.6. The number of benzene rings is 1. The van der Waals surface area contributed by atoms with E-state index in [2.05, 4.69) is 21.2 Å². The average Bonchev–Trinajstić information content (AvgIpc) is 2.28. The predicted octanol–water partition coefficient (Wildman–Crippen LogP) is 2.71. The molecule has 1 rings (SSSR count). The van der Waals surface area contributed by atoms with E-state index < -0.39 is 5.97 Å². The third kappa shape index (κ3) is 4.66. The Hall–Kier alpha value is -1.20. The van der Waals surface area contributed by atoms with Crippen molar-refractivity contribution in [2.75, 3.05) is 6.54 Å². The molecule has 0 heterocycles. The molecule has 0 aliphatic carbocycles. The van der Waals surface area contributed by atoms with Crippen LogP contribution in [0.15, 0.2) is 34.3 Å². The summed E-state index contributed by atoms with van der Waals surface area (Å²) in [4.78, 5) is 10.5. The molecular weight excluding hydrogens is 289 g/mol. The Morgan fingerprint density at radius 3 is 2.94 bits per heavy atom. The molecule has 0 unspecified atom stereocenters. The Balaban J connectivity index is 2.49. The van der Waals surface area contributed by atoms with Crippen LogP contribution in [0, 0.1) is 5.82 Å². The lowest BCUT2D eigenvalue weighted by Crippen LogP contribution is -2.14. The van der Waals surface area contributed by atoms with Crippen molar-refractivity contribution in [1.82, 2.24) is 5.32 Å². The fraction of sp³-hybridized carbons (Fsp3) is 0.250. The van der Waals surface area contributed by atoms with Gasteiger partial charge in [0.2, 0.25) is 0 Å². The van der Waals surface area contributed by atoms with Crippen LogP contribution in [-0.2, 0) is 11.3 Å². The van der Waals surface area contributed by atoms with Crippen LogP contribution in [-0.4, -0.2) is 17.6 Å². The summed E-state index contributed by atoms with van der Waals surface area (Å²) in [5.41, 5.74) is 1.09. The third-order valence-corrected chi connectivity index (χ3v) is 2.99. The van der Waals surface area contributed by atoms with Crippen LogP contribution in [0.2, 0.25) is 0 Å². The Bertz CT molecular complexity index is 446. The van der Waals surface area contributed by atoms with Gasteiger partial charge in [0.25, 0.3) is 0 Å². The summed E-state index contributed by atoms with van der Waals surface area (Å²) < 4.78 is 13.8. The molecule has 1 aromatic rings. The Labute approximate surface area is 107 Å². The number of carboxylic acid groups (broad SMARTS) is 1. The molecule has 0 spiro atoms. The third-order valence-electron chi connectivity index (χ3n) is 2.21. The highest BCUT2D eigenvalue weighted by Crippen LogP contribution is 2.17. The number of nitrogens with one attached hydrogen (secondary N) is 1. The van der Waals surface area contributed by atoms with Gasteiger partial charge in [-0.2, -0.15) is 0 Å². The molecular formula is C12H13BrFNO2. The molecule has 0 aromatic heterocycles. The molecule has 0 radical (unpaired) electrons. The van der Waals surface area contributed by atoms with Crippen molar-refractivity contribution in [3.63, 3.8) is 0 Å². The first kappa shape index (κ1) is 13.9. The molecule has 2 N–H and O–H groups in total. The van der Waals surface area contributed by atoms with Crippen LogP contribution < -0.4 is 5.32 Å². The maximum absolute atomic E-state index is 13.0. The monoisotopic (exact) mass is 301 g/mol. The van der Waals surface area contributed by atoms with Crippen molar-refractivity contribution in [3.8, 4) is 0 Å². The largest absolute Gasteiger partial charge is 0.478 e. The van der Waals surface area contributed by atoms with E-state index in [1.807, 2.05) is 0 Å². The second-order valence-corrected chi connectivity index (χ2v) is 4.41. The highest BCUT2D eigenvalue weighted by Gasteiger charge is 2.01. The first-order valence-corrected chi connectivity index (χ1v) is 5.84. The Kier molecular flexibility index (Phi) is 5.31. The van der Waals surface area contributed by atoms with Crippen LogP contribution in [0.25, 0.3) is 0 Å². The summed E-state index contributed by atoms with van der Waals surface area (Å²) >= 11 is 3.32. The standard InChI is InChI=1S/C12H13BrFNO2/c1-8(12(16)17)4-5-15-7-9-6-10(14)2-3-11(9)13/h2-4,6,15H,5,7H2,1H3,(H,16,17)/b8-4-. The van der Waals surface area contributed by atoms with Crippen molar-refractivity contribution >= 4 is 21.9 Å². The minimum atomic E-state index is -0.932. The highest BCUT2D eigenvalue weighted by molar-refractivity contribution is 9.10. The zero-order chi connectivity index (χ0) is 12.8. The van der Waals surface area contributed by atoms with Crippen molar-refractivity contribution in [2.45, 2.75) is 13.5 Å². The summed E-state index contributed by atoms with van der Waals surface area (Å²) in [7, 11) is 0. The van der Waals surface area contributed by atoms with Crippen LogP contribution in [0.3, 0.4) is 0 Å². The van der Waals surface area contributed by atoms with Gasteiger partial charge < -0.3 is 10.4 Å². The molecule has 17 heavy (non-hydrogen) atoms. The topological polar surface area (TPSA) is 49.3 Å². The summed E-state index contributed by atoms with van der Waals surface area (Å²) in [6.07, 6.45) is 1.58. The molecule has 0 aliphatic heterocycles. The molecule has 92 valence electrons. The van der Waals surface area contributed by atoms with Gasteiger partial charge in [-0.25, -0.2) is 9.18 Å². The normalized spacial score (nSPS) is 11.6. The van der Waals surface area contributed by atoms with Gasteiger partial charge in [0.1, 0.15) is 5.82 Å². The van der Waals surface area contributed by atoms with Crippen molar-refractivity contribution < 1.29 is 14.3 Å². The van der Waals surface area contributed by atoms with E-state index in [9.17, 15) is 9.18 Å². The first-order chi connectivity index (χ1) is 8.00. The fourth-order valence-corrected chi connectivity index (χ4v) is 1.59. The van der Waals surface area contributed by atoms with Gasteiger partial charge in [0.05, 0.1) is 0 Å². The van der Waals surface area contributed by atoms with Gasteiger partial charge >= 0.3 is 5.97 Å². The summed E-state index contributed by atoms with van der Waals surface area (Å²) in [6.45, 7) is 2.44. The van der Waals surface area contributed by atoms with E-state index in [1.165, 1.54) is 19.1 Å². The van der Waals surface area contributed by atoms with Gasteiger partial charge in [-0.15, -0.1) is 0 Å². The second-order valence-electron chi connectivity index (χ2n) is 3.56. The van der Waals surface area contributed by atoms with E-state index in [4.69, 9.17) is 5.11 Å². The second kappa shape index (κ2) is 6.51. The van der Waals surface area contributed by atoms with E-state index in [0.29, 0.717) is 13.1 Å². The molecule has 0 amide bonds. The van der Waals surface area contributed by atoms with E-state index in [-0.39, 0.29) is 11.4 Å². The molecule has 5 heteroatoms. The van der Waals surface area contributed by atoms with E-state index in [1.54, 1.807) is 12.1 Å². The average molecular weight is 302 g/mol. The maximum Gasteiger partial charge on any atom is 0.330 e. The molecule has 0 aliphatic rings. The number of hydrogen-bond donors (Lipinski definition) is 2. The van der Waals surface area contributed by atoms with Gasteiger partial charge in [0, 0.05) is 23.1 Å². The molecule has 0 saturated heterocycles. The smallest absolute Gasteiger partial charge is 0.330 e.